The van der Waals surface area contributed by atoms with E-state index in [-0.39, 0.29) is 18.1 Å². The molecule has 0 heterocycles. The Morgan fingerprint density at radius 2 is 2.29 bits per heavy atom. The molecule has 0 bridgehead atoms. The van der Waals surface area contributed by atoms with Crippen molar-refractivity contribution in [2.75, 3.05) is 19.5 Å². The van der Waals surface area contributed by atoms with Crippen molar-refractivity contribution in [3.8, 4) is 11.5 Å². The maximum absolute atomic E-state index is 10.7. The molecule has 5 heteroatoms. The quantitative estimate of drug-likeness (QED) is 0.545. The average molecular weight is 197 g/mol. The van der Waals surface area contributed by atoms with Gasteiger partial charge in [-0.15, -0.1) is 0 Å². The van der Waals surface area contributed by atoms with E-state index < -0.39 is 5.97 Å². The third kappa shape index (κ3) is 2.55. The first-order valence-corrected chi connectivity index (χ1v) is 3.91. The van der Waals surface area contributed by atoms with Crippen LogP contribution in [0.4, 0.5) is 5.69 Å². The van der Waals surface area contributed by atoms with Gasteiger partial charge in [0.1, 0.15) is 0 Å². The number of carbonyl (C=O) groups is 1. The summed E-state index contributed by atoms with van der Waals surface area (Å²) in [5.74, 6) is -0.417. The summed E-state index contributed by atoms with van der Waals surface area (Å²) >= 11 is 0. The Labute approximate surface area is 81.0 Å². The first kappa shape index (κ1) is 10.2. The summed E-state index contributed by atoms with van der Waals surface area (Å²) in [6.07, 6.45) is 0. The van der Waals surface area contributed by atoms with E-state index in [2.05, 4.69) is 4.74 Å². The molecule has 1 rings (SSSR count). The van der Waals surface area contributed by atoms with Crippen LogP contribution in [0.5, 0.6) is 11.5 Å². The van der Waals surface area contributed by atoms with Crippen LogP contribution in [-0.2, 0) is 9.53 Å². The minimum absolute atomic E-state index is 0.103. The summed E-state index contributed by atoms with van der Waals surface area (Å²) in [4.78, 5) is 10.7. The number of phenols is 1. The van der Waals surface area contributed by atoms with Crippen LogP contribution in [0.15, 0.2) is 18.2 Å². The molecule has 0 unspecified atom stereocenters. The molecule has 14 heavy (non-hydrogen) atoms. The molecular formula is C9H11NO4. The lowest BCUT2D eigenvalue weighted by Crippen LogP contribution is -2.12. The smallest absolute Gasteiger partial charge is 0.343 e. The number of esters is 1. The van der Waals surface area contributed by atoms with Crippen LogP contribution >= 0.6 is 0 Å². The standard InChI is InChI=1S/C9H11NO4/c1-13-9(12)5-14-8-3-2-6(10)4-7(8)11/h2-4,11H,5,10H2,1H3. The van der Waals surface area contributed by atoms with E-state index in [9.17, 15) is 9.90 Å². The lowest BCUT2D eigenvalue weighted by molar-refractivity contribution is -0.142. The molecule has 0 atom stereocenters. The van der Waals surface area contributed by atoms with Crippen molar-refractivity contribution in [1.82, 2.24) is 0 Å². The number of aromatic hydroxyl groups is 1. The van der Waals surface area contributed by atoms with E-state index >= 15 is 0 Å². The summed E-state index contributed by atoms with van der Waals surface area (Å²) in [6.45, 7) is -0.242. The van der Waals surface area contributed by atoms with Gasteiger partial charge in [-0.05, 0) is 12.1 Å². The first-order chi connectivity index (χ1) is 6.63. The Morgan fingerprint density at radius 1 is 1.57 bits per heavy atom. The molecule has 0 aliphatic rings. The lowest BCUT2D eigenvalue weighted by Gasteiger charge is -2.06. The maximum Gasteiger partial charge on any atom is 0.343 e. The SMILES string of the molecule is COC(=O)COc1ccc(N)cc1O. The first-order valence-electron chi connectivity index (χ1n) is 3.91. The van der Waals surface area contributed by atoms with Gasteiger partial charge in [0.05, 0.1) is 7.11 Å². The van der Waals surface area contributed by atoms with E-state index in [0.717, 1.165) is 0 Å². The van der Waals surface area contributed by atoms with Crippen molar-refractivity contribution >= 4 is 11.7 Å². The molecule has 0 amide bonds. The Balaban J connectivity index is 2.63. The van der Waals surface area contributed by atoms with Gasteiger partial charge >= 0.3 is 5.97 Å². The van der Waals surface area contributed by atoms with Crippen LogP contribution < -0.4 is 10.5 Å². The molecule has 3 N–H and O–H groups in total. The Bertz CT molecular complexity index is 338. The fraction of sp³-hybridized carbons (Fsp3) is 0.222. The van der Waals surface area contributed by atoms with Crippen LogP contribution in [0.3, 0.4) is 0 Å². The highest BCUT2D eigenvalue weighted by molar-refractivity contribution is 5.71. The Kier molecular flexibility index (Phi) is 3.17. The molecule has 0 aliphatic carbocycles. The van der Waals surface area contributed by atoms with Gasteiger partial charge in [0.15, 0.2) is 18.1 Å². The van der Waals surface area contributed by atoms with Gasteiger partial charge in [0, 0.05) is 11.8 Å². The maximum atomic E-state index is 10.7. The third-order valence-electron chi connectivity index (χ3n) is 1.56. The van der Waals surface area contributed by atoms with Gasteiger partial charge in [0.2, 0.25) is 0 Å². The van der Waals surface area contributed by atoms with E-state index in [0.29, 0.717) is 5.69 Å². The molecule has 0 aromatic heterocycles. The second-order valence-corrected chi connectivity index (χ2v) is 2.59. The minimum Gasteiger partial charge on any atom is -0.504 e. The fourth-order valence-electron chi connectivity index (χ4n) is 0.852. The Hall–Kier alpha value is -1.91. The normalized spacial score (nSPS) is 9.50. The van der Waals surface area contributed by atoms with Gasteiger partial charge in [-0.25, -0.2) is 4.79 Å². The zero-order valence-corrected chi connectivity index (χ0v) is 7.69. The molecule has 1 aromatic rings. The van der Waals surface area contributed by atoms with Crippen molar-refractivity contribution in [2.45, 2.75) is 0 Å². The number of rotatable bonds is 3. The molecule has 0 saturated carbocycles. The number of ether oxygens (including phenoxy) is 2. The molecule has 1 aromatic carbocycles. The summed E-state index contributed by atoms with van der Waals surface area (Å²) in [7, 11) is 1.26. The molecule has 0 aliphatic heterocycles. The summed E-state index contributed by atoms with van der Waals surface area (Å²) < 4.78 is 9.33. The van der Waals surface area contributed by atoms with Crippen molar-refractivity contribution in [1.29, 1.82) is 0 Å². The average Bonchev–Trinajstić information content (AvgIpc) is 2.16. The summed E-state index contributed by atoms with van der Waals surface area (Å²) in [5, 5.41) is 9.32. The minimum atomic E-state index is -0.513. The van der Waals surface area contributed by atoms with Crippen LogP contribution in [0.25, 0.3) is 0 Å². The molecule has 0 fully saturated rings. The highest BCUT2D eigenvalue weighted by atomic mass is 16.6. The highest BCUT2D eigenvalue weighted by Gasteiger charge is 2.05. The van der Waals surface area contributed by atoms with Crippen molar-refractivity contribution < 1.29 is 19.4 Å². The van der Waals surface area contributed by atoms with Gasteiger partial charge < -0.3 is 20.3 Å². The van der Waals surface area contributed by atoms with Crippen LogP contribution in [0.2, 0.25) is 0 Å². The van der Waals surface area contributed by atoms with Crippen LogP contribution in [0.1, 0.15) is 0 Å². The highest BCUT2D eigenvalue weighted by Crippen LogP contribution is 2.27. The number of nitrogens with two attached hydrogens (primary N) is 1. The molecule has 0 spiro atoms. The van der Waals surface area contributed by atoms with Crippen LogP contribution in [0, 0.1) is 0 Å². The lowest BCUT2D eigenvalue weighted by atomic mass is 10.3. The largest absolute Gasteiger partial charge is 0.504 e. The molecule has 5 nitrogen and oxygen atoms in total. The number of phenolic OH excluding ortho intramolecular Hbond substituents is 1. The predicted octanol–water partition coefficient (Wildman–Crippen LogP) is 0.526. The summed E-state index contributed by atoms with van der Waals surface area (Å²) in [6, 6.07) is 4.38. The molecule has 0 radical (unpaired) electrons. The molecule has 0 saturated heterocycles. The summed E-state index contributed by atoms with van der Waals surface area (Å²) in [5.41, 5.74) is 5.83. The number of hydrogen-bond acceptors (Lipinski definition) is 5. The van der Waals surface area contributed by atoms with Crippen LogP contribution in [-0.4, -0.2) is 24.8 Å². The van der Waals surface area contributed by atoms with E-state index in [1.54, 1.807) is 6.07 Å². The monoisotopic (exact) mass is 197 g/mol. The van der Waals surface area contributed by atoms with E-state index in [1.807, 2.05) is 0 Å². The van der Waals surface area contributed by atoms with E-state index in [4.69, 9.17) is 10.5 Å². The van der Waals surface area contributed by atoms with Gasteiger partial charge in [0.25, 0.3) is 0 Å². The number of carbonyl (C=O) groups excluding carboxylic acids is 1. The second kappa shape index (κ2) is 4.36. The zero-order valence-electron chi connectivity index (χ0n) is 7.69. The second-order valence-electron chi connectivity index (χ2n) is 2.59. The topological polar surface area (TPSA) is 81.8 Å². The number of nitrogen functional groups attached to an aromatic ring is 1. The number of anilines is 1. The van der Waals surface area contributed by atoms with E-state index in [1.165, 1.54) is 19.2 Å². The number of benzene rings is 1. The third-order valence-corrected chi connectivity index (χ3v) is 1.56. The zero-order chi connectivity index (χ0) is 10.6. The number of hydrogen-bond donors (Lipinski definition) is 2. The fourth-order valence-corrected chi connectivity index (χ4v) is 0.852. The predicted molar refractivity (Wildman–Crippen MR) is 50.0 cm³/mol. The Morgan fingerprint density at radius 3 is 2.86 bits per heavy atom. The van der Waals surface area contributed by atoms with Gasteiger partial charge in [-0.1, -0.05) is 0 Å². The van der Waals surface area contributed by atoms with Crippen molar-refractivity contribution in [3.05, 3.63) is 18.2 Å². The van der Waals surface area contributed by atoms with Crippen molar-refractivity contribution in [2.24, 2.45) is 0 Å². The molecular weight excluding hydrogens is 186 g/mol. The molecule has 76 valence electrons. The van der Waals surface area contributed by atoms with Crippen molar-refractivity contribution in [3.63, 3.8) is 0 Å². The van der Waals surface area contributed by atoms with Gasteiger partial charge in [-0.2, -0.15) is 0 Å². The van der Waals surface area contributed by atoms with Gasteiger partial charge in [-0.3, -0.25) is 0 Å². The number of methoxy groups -OCH3 is 1.